The van der Waals surface area contributed by atoms with Crippen molar-refractivity contribution in [2.24, 2.45) is 0 Å². The molecule has 0 spiro atoms. The van der Waals surface area contributed by atoms with Crippen molar-refractivity contribution in [1.29, 1.82) is 0 Å². The van der Waals surface area contributed by atoms with E-state index in [1.54, 1.807) is 0 Å². The topological polar surface area (TPSA) is 21.3 Å². The van der Waals surface area contributed by atoms with Gasteiger partial charge in [0.1, 0.15) is 0 Å². The zero-order valence-corrected chi connectivity index (χ0v) is 11.1. The van der Waals surface area contributed by atoms with Crippen LogP contribution in [-0.4, -0.2) is 19.3 Å². The van der Waals surface area contributed by atoms with Crippen molar-refractivity contribution in [2.75, 3.05) is 13.2 Å². The number of hydrogen-bond acceptors (Lipinski definition) is 2. The first-order chi connectivity index (χ1) is 8.77. The van der Waals surface area contributed by atoms with Crippen molar-refractivity contribution < 1.29 is 4.74 Å². The van der Waals surface area contributed by atoms with Crippen molar-refractivity contribution in [3.05, 3.63) is 48.0 Å². The average molecular weight is 243 g/mol. The molecule has 2 aromatic rings. The fourth-order valence-corrected chi connectivity index (χ4v) is 2.04. The summed E-state index contributed by atoms with van der Waals surface area (Å²) in [6.07, 6.45) is 0.310. The Hall–Kier alpha value is -1.38. The highest BCUT2D eigenvalue weighted by atomic mass is 16.5. The van der Waals surface area contributed by atoms with Crippen LogP contribution in [0.3, 0.4) is 0 Å². The molecule has 2 aromatic carbocycles. The van der Waals surface area contributed by atoms with Crippen LogP contribution in [0.1, 0.15) is 19.4 Å². The van der Waals surface area contributed by atoms with Gasteiger partial charge in [-0.2, -0.15) is 0 Å². The molecular formula is C16H21NO. The fourth-order valence-electron chi connectivity index (χ4n) is 2.04. The van der Waals surface area contributed by atoms with Gasteiger partial charge in [0.25, 0.3) is 0 Å². The van der Waals surface area contributed by atoms with E-state index in [0.717, 1.165) is 19.7 Å². The lowest BCUT2D eigenvalue weighted by molar-refractivity contribution is 0.0807. The SMILES string of the molecule is CC(C)OCCNCc1cccc2ccccc12. The van der Waals surface area contributed by atoms with Crippen LogP contribution in [0, 0.1) is 0 Å². The van der Waals surface area contributed by atoms with Gasteiger partial charge in [-0.3, -0.25) is 0 Å². The predicted octanol–water partition coefficient (Wildman–Crippen LogP) is 3.35. The lowest BCUT2D eigenvalue weighted by atomic mass is 10.0. The molecule has 2 heteroatoms. The third-order valence-electron chi connectivity index (χ3n) is 2.93. The first-order valence-corrected chi connectivity index (χ1v) is 6.56. The molecule has 2 rings (SSSR count). The molecule has 0 saturated heterocycles. The van der Waals surface area contributed by atoms with E-state index in [4.69, 9.17) is 4.74 Å². The van der Waals surface area contributed by atoms with Crippen LogP contribution in [0.15, 0.2) is 42.5 Å². The highest BCUT2D eigenvalue weighted by Gasteiger charge is 1.99. The summed E-state index contributed by atoms with van der Waals surface area (Å²) >= 11 is 0. The molecule has 0 aliphatic heterocycles. The molecule has 0 aliphatic carbocycles. The molecule has 0 amide bonds. The van der Waals surface area contributed by atoms with Crippen LogP contribution in [0.2, 0.25) is 0 Å². The van der Waals surface area contributed by atoms with Crippen molar-refractivity contribution in [1.82, 2.24) is 5.32 Å². The first-order valence-electron chi connectivity index (χ1n) is 6.56. The Morgan fingerprint density at radius 3 is 2.67 bits per heavy atom. The van der Waals surface area contributed by atoms with Gasteiger partial charge in [-0.15, -0.1) is 0 Å². The minimum Gasteiger partial charge on any atom is -0.377 e. The minimum absolute atomic E-state index is 0.310. The Labute approximate surface area is 109 Å². The molecule has 0 fully saturated rings. The smallest absolute Gasteiger partial charge is 0.0594 e. The zero-order chi connectivity index (χ0) is 12.8. The summed E-state index contributed by atoms with van der Waals surface area (Å²) in [5.74, 6) is 0. The van der Waals surface area contributed by atoms with Crippen LogP contribution >= 0.6 is 0 Å². The van der Waals surface area contributed by atoms with Crippen molar-refractivity contribution in [3.63, 3.8) is 0 Å². The maximum absolute atomic E-state index is 5.50. The largest absolute Gasteiger partial charge is 0.377 e. The molecule has 2 nitrogen and oxygen atoms in total. The van der Waals surface area contributed by atoms with Crippen molar-refractivity contribution in [3.8, 4) is 0 Å². The van der Waals surface area contributed by atoms with Gasteiger partial charge >= 0.3 is 0 Å². The summed E-state index contributed by atoms with van der Waals surface area (Å²) in [6, 6.07) is 14.9. The quantitative estimate of drug-likeness (QED) is 0.786. The monoisotopic (exact) mass is 243 g/mol. The third-order valence-corrected chi connectivity index (χ3v) is 2.93. The number of ether oxygens (including phenoxy) is 1. The minimum atomic E-state index is 0.310. The molecule has 0 radical (unpaired) electrons. The molecule has 0 aromatic heterocycles. The highest BCUT2D eigenvalue weighted by molar-refractivity contribution is 5.85. The van der Waals surface area contributed by atoms with E-state index in [9.17, 15) is 0 Å². The summed E-state index contributed by atoms with van der Waals surface area (Å²) in [6.45, 7) is 6.67. The molecule has 1 N–H and O–H groups in total. The Morgan fingerprint density at radius 2 is 1.83 bits per heavy atom. The Bertz CT molecular complexity index is 488. The molecule has 18 heavy (non-hydrogen) atoms. The molecule has 0 bridgehead atoms. The summed E-state index contributed by atoms with van der Waals surface area (Å²) in [5, 5.41) is 6.06. The summed E-state index contributed by atoms with van der Waals surface area (Å²) in [7, 11) is 0. The van der Waals surface area contributed by atoms with E-state index in [-0.39, 0.29) is 0 Å². The zero-order valence-electron chi connectivity index (χ0n) is 11.1. The molecule has 0 aliphatic rings. The average Bonchev–Trinajstić information content (AvgIpc) is 2.38. The summed E-state index contributed by atoms with van der Waals surface area (Å²) in [4.78, 5) is 0. The lowest BCUT2D eigenvalue weighted by Gasteiger charge is -2.10. The van der Waals surface area contributed by atoms with E-state index in [1.807, 2.05) is 0 Å². The van der Waals surface area contributed by atoms with Gasteiger partial charge in [0.15, 0.2) is 0 Å². The van der Waals surface area contributed by atoms with Gasteiger partial charge in [0, 0.05) is 13.1 Å². The second-order valence-corrected chi connectivity index (χ2v) is 4.73. The van der Waals surface area contributed by atoms with E-state index in [0.29, 0.717) is 6.10 Å². The second-order valence-electron chi connectivity index (χ2n) is 4.73. The van der Waals surface area contributed by atoms with Crippen molar-refractivity contribution >= 4 is 10.8 Å². The fraction of sp³-hybridized carbons (Fsp3) is 0.375. The van der Waals surface area contributed by atoms with Crippen LogP contribution in [-0.2, 0) is 11.3 Å². The Morgan fingerprint density at radius 1 is 1.06 bits per heavy atom. The van der Waals surface area contributed by atoms with Gasteiger partial charge in [-0.05, 0) is 30.2 Å². The van der Waals surface area contributed by atoms with Gasteiger partial charge in [0.05, 0.1) is 12.7 Å². The number of rotatable bonds is 6. The number of hydrogen-bond donors (Lipinski definition) is 1. The lowest BCUT2D eigenvalue weighted by Crippen LogP contribution is -2.21. The highest BCUT2D eigenvalue weighted by Crippen LogP contribution is 2.17. The van der Waals surface area contributed by atoms with Gasteiger partial charge in [-0.25, -0.2) is 0 Å². The molecule has 0 heterocycles. The normalized spacial score (nSPS) is 11.3. The Balaban J connectivity index is 1.91. The standard InChI is InChI=1S/C16H21NO/c1-13(2)18-11-10-17-12-15-8-5-7-14-6-3-4-9-16(14)15/h3-9,13,17H,10-12H2,1-2H3. The predicted molar refractivity (Wildman–Crippen MR) is 76.7 cm³/mol. The van der Waals surface area contributed by atoms with Gasteiger partial charge in [-0.1, -0.05) is 42.5 Å². The summed E-state index contributed by atoms with van der Waals surface area (Å²) in [5.41, 5.74) is 1.35. The molecule has 0 atom stereocenters. The molecular weight excluding hydrogens is 222 g/mol. The number of benzene rings is 2. The van der Waals surface area contributed by atoms with E-state index >= 15 is 0 Å². The van der Waals surface area contributed by atoms with Crippen LogP contribution in [0.25, 0.3) is 10.8 Å². The second kappa shape index (κ2) is 6.53. The first kappa shape index (κ1) is 13.1. The maximum Gasteiger partial charge on any atom is 0.0594 e. The van der Waals surface area contributed by atoms with E-state index < -0.39 is 0 Å². The van der Waals surface area contributed by atoms with Gasteiger partial charge < -0.3 is 10.1 Å². The van der Waals surface area contributed by atoms with E-state index in [2.05, 4.69) is 61.6 Å². The van der Waals surface area contributed by atoms with E-state index in [1.165, 1.54) is 16.3 Å². The molecule has 0 unspecified atom stereocenters. The summed E-state index contributed by atoms with van der Waals surface area (Å²) < 4.78 is 5.50. The van der Waals surface area contributed by atoms with Gasteiger partial charge in [0.2, 0.25) is 0 Å². The number of nitrogens with one attached hydrogen (secondary N) is 1. The van der Waals surface area contributed by atoms with Crippen molar-refractivity contribution in [2.45, 2.75) is 26.5 Å². The molecule has 0 saturated carbocycles. The van der Waals surface area contributed by atoms with Crippen LogP contribution in [0.5, 0.6) is 0 Å². The third kappa shape index (κ3) is 3.56. The number of fused-ring (bicyclic) bond motifs is 1. The Kier molecular flexibility index (Phi) is 4.73. The maximum atomic E-state index is 5.50. The molecule has 96 valence electrons. The van der Waals surface area contributed by atoms with Crippen LogP contribution in [0.4, 0.5) is 0 Å². The van der Waals surface area contributed by atoms with Crippen LogP contribution < -0.4 is 5.32 Å².